The van der Waals surface area contributed by atoms with Crippen LogP contribution < -0.4 is 5.32 Å². The topological polar surface area (TPSA) is 32.3 Å². The summed E-state index contributed by atoms with van der Waals surface area (Å²) in [7, 11) is 0. The molecule has 112 valence electrons. The van der Waals surface area contributed by atoms with Crippen LogP contribution in [-0.4, -0.2) is 29.9 Å². The van der Waals surface area contributed by atoms with E-state index >= 15 is 0 Å². The average molecular weight is 280 g/mol. The van der Waals surface area contributed by atoms with Crippen LogP contribution in [0.5, 0.6) is 0 Å². The quantitative estimate of drug-likeness (QED) is 0.832. The number of carbonyl (C=O) groups excluding carboxylic acids is 1. The van der Waals surface area contributed by atoms with Gasteiger partial charge in [0, 0.05) is 24.7 Å². The summed E-state index contributed by atoms with van der Waals surface area (Å²) in [6.07, 6.45) is 0.733. The Morgan fingerprint density at radius 2 is 1.85 bits per heavy atom. The van der Waals surface area contributed by atoms with Gasteiger partial charge in [-0.25, -0.2) is 4.39 Å². The summed E-state index contributed by atoms with van der Waals surface area (Å²) in [5, 5.41) is 3.24. The van der Waals surface area contributed by atoms with E-state index in [4.69, 9.17) is 0 Å². The van der Waals surface area contributed by atoms with Crippen molar-refractivity contribution in [2.24, 2.45) is 0 Å². The van der Waals surface area contributed by atoms with Gasteiger partial charge in [0.05, 0.1) is 6.04 Å². The van der Waals surface area contributed by atoms with Crippen molar-refractivity contribution in [3.05, 3.63) is 35.6 Å². The first-order chi connectivity index (χ1) is 9.54. The highest BCUT2D eigenvalue weighted by Crippen LogP contribution is 2.20. The Morgan fingerprint density at radius 3 is 2.35 bits per heavy atom. The highest BCUT2D eigenvalue weighted by Gasteiger charge is 2.22. The third-order valence-electron chi connectivity index (χ3n) is 3.59. The molecule has 0 spiro atoms. The molecule has 0 aliphatic carbocycles. The van der Waals surface area contributed by atoms with Gasteiger partial charge in [0.25, 0.3) is 0 Å². The van der Waals surface area contributed by atoms with Crippen LogP contribution in [0.4, 0.5) is 4.39 Å². The Labute approximate surface area is 121 Å². The van der Waals surface area contributed by atoms with Crippen LogP contribution in [0, 0.1) is 5.82 Å². The van der Waals surface area contributed by atoms with Gasteiger partial charge >= 0.3 is 0 Å². The molecule has 0 aromatic heterocycles. The van der Waals surface area contributed by atoms with E-state index in [0.29, 0.717) is 18.7 Å². The predicted molar refractivity (Wildman–Crippen MR) is 80.0 cm³/mol. The maximum atomic E-state index is 13.8. The fourth-order valence-electron chi connectivity index (χ4n) is 2.37. The van der Waals surface area contributed by atoms with Crippen LogP contribution >= 0.6 is 0 Å². The van der Waals surface area contributed by atoms with Crippen molar-refractivity contribution in [3.8, 4) is 0 Å². The molecule has 1 aromatic carbocycles. The molecule has 0 fully saturated rings. The summed E-state index contributed by atoms with van der Waals surface area (Å²) >= 11 is 0. The first-order valence-corrected chi connectivity index (χ1v) is 7.34. The molecule has 0 bridgehead atoms. The van der Waals surface area contributed by atoms with Gasteiger partial charge in [0.1, 0.15) is 5.82 Å². The Bertz CT molecular complexity index is 432. The van der Waals surface area contributed by atoms with Gasteiger partial charge in [0.15, 0.2) is 0 Å². The molecule has 1 rings (SSSR count). The van der Waals surface area contributed by atoms with E-state index in [2.05, 4.69) is 5.32 Å². The van der Waals surface area contributed by atoms with Crippen LogP contribution in [0.25, 0.3) is 0 Å². The molecular weight excluding hydrogens is 255 g/mol. The van der Waals surface area contributed by atoms with Gasteiger partial charge in [-0.05, 0) is 33.3 Å². The number of amides is 1. The number of nitrogens with zero attached hydrogens (tertiary/aromatic N) is 1. The first kappa shape index (κ1) is 16.6. The van der Waals surface area contributed by atoms with Crippen molar-refractivity contribution in [2.75, 3.05) is 13.1 Å². The minimum absolute atomic E-state index is 0.0600. The van der Waals surface area contributed by atoms with Gasteiger partial charge in [0.2, 0.25) is 5.91 Å². The predicted octanol–water partition coefficient (Wildman–Crippen LogP) is 3.12. The average Bonchev–Trinajstić information content (AvgIpc) is 2.46. The minimum Gasteiger partial charge on any atom is -0.342 e. The van der Waals surface area contributed by atoms with Gasteiger partial charge in [-0.1, -0.05) is 25.1 Å². The normalized spacial score (nSPS) is 13.8. The molecule has 1 N–H and O–H groups in total. The van der Waals surface area contributed by atoms with E-state index in [-0.39, 0.29) is 23.8 Å². The van der Waals surface area contributed by atoms with Crippen molar-refractivity contribution in [2.45, 2.75) is 46.2 Å². The highest BCUT2D eigenvalue weighted by molar-refractivity contribution is 5.81. The molecule has 4 heteroatoms. The largest absolute Gasteiger partial charge is 0.342 e. The second kappa shape index (κ2) is 8.00. The lowest BCUT2D eigenvalue weighted by Crippen LogP contribution is -2.45. The number of nitrogens with one attached hydrogen (secondary N) is 1. The smallest absolute Gasteiger partial charge is 0.239 e. The zero-order chi connectivity index (χ0) is 15.1. The highest BCUT2D eigenvalue weighted by atomic mass is 19.1. The Balaban J connectivity index is 2.79. The third-order valence-corrected chi connectivity index (χ3v) is 3.59. The molecule has 1 amide bonds. The standard InChI is InChI=1S/C16H25FN2O/c1-5-15(13-10-8-9-11-14(13)17)18-12(4)16(20)19(6-2)7-3/h8-12,15,18H,5-7H2,1-4H3. The Morgan fingerprint density at radius 1 is 1.25 bits per heavy atom. The summed E-state index contributed by atoms with van der Waals surface area (Å²) in [5.41, 5.74) is 0.620. The molecule has 0 saturated heterocycles. The third kappa shape index (κ3) is 4.04. The molecule has 0 aliphatic rings. The van der Waals surface area contributed by atoms with Crippen LogP contribution in [0.3, 0.4) is 0 Å². The van der Waals surface area contributed by atoms with Crippen molar-refractivity contribution in [1.29, 1.82) is 0 Å². The van der Waals surface area contributed by atoms with Crippen molar-refractivity contribution >= 4 is 5.91 Å². The molecule has 0 radical (unpaired) electrons. The Kier molecular flexibility index (Phi) is 6.65. The summed E-state index contributed by atoms with van der Waals surface area (Å²) in [4.78, 5) is 14.0. The summed E-state index contributed by atoms with van der Waals surface area (Å²) in [6.45, 7) is 9.13. The van der Waals surface area contributed by atoms with E-state index in [1.807, 2.05) is 33.8 Å². The monoisotopic (exact) mass is 280 g/mol. The van der Waals surface area contributed by atoms with E-state index in [1.54, 1.807) is 17.0 Å². The molecule has 3 nitrogen and oxygen atoms in total. The summed E-state index contributed by atoms with van der Waals surface area (Å²) in [6, 6.07) is 6.25. The van der Waals surface area contributed by atoms with Crippen LogP contribution in [0.1, 0.15) is 45.7 Å². The lowest BCUT2D eigenvalue weighted by atomic mass is 10.0. The van der Waals surface area contributed by atoms with Gasteiger partial charge in [-0.2, -0.15) is 0 Å². The molecule has 2 atom stereocenters. The number of halogens is 1. The van der Waals surface area contributed by atoms with E-state index < -0.39 is 0 Å². The van der Waals surface area contributed by atoms with Gasteiger partial charge in [-0.15, -0.1) is 0 Å². The first-order valence-electron chi connectivity index (χ1n) is 7.34. The fraction of sp³-hybridized carbons (Fsp3) is 0.562. The SMILES string of the molecule is CCC(NC(C)C(=O)N(CC)CC)c1ccccc1F. The molecule has 20 heavy (non-hydrogen) atoms. The second-order valence-electron chi connectivity index (χ2n) is 4.88. The number of benzene rings is 1. The molecular formula is C16H25FN2O. The number of hydrogen-bond acceptors (Lipinski definition) is 2. The van der Waals surface area contributed by atoms with Crippen LogP contribution in [0.2, 0.25) is 0 Å². The summed E-state index contributed by atoms with van der Waals surface area (Å²) < 4.78 is 13.8. The van der Waals surface area contributed by atoms with Crippen LogP contribution in [-0.2, 0) is 4.79 Å². The molecule has 0 heterocycles. The van der Waals surface area contributed by atoms with Crippen molar-refractivity contribution < 1.29 is 9.18 Å². The Hall–Kier alpha value is -1.42. The van der Waals surface area contributed by atoms with E-state index in [0.717, 1.165) is 6.42 Å². The van der Waals surface area contributed by atoms with Crippen molar-refractivity contribution in [1.82, 2.24) is 10.2 Å². The maximum Gasteiger partial charge on any atom is 0.239 e. The number of rotatable bonds is 7. The van der Waals surface area contributed by atoms with Crippen molar-refractivity contribution in [3.63, 3.8) is 0 Å². The number of carbonyl (C=O) groups is 1. The maximum absolute atomic E-state index is 13.8. The lowest BCUT2D eigenvalue weighted by molar-refractivity contribution is -0.132. The van der Waals surface area contributed by atoms with Crippen LogP contribution in [0.15, 0.2) is 24.3 Å². The molecule has 1 aromatic rings. The van der Waals surface area contributed by atoms with E-state index in [1.165, 1.54) is 6.07 Å². The molecule has 0 saturated carbocycles. The van der Waals surface area contributed by atoms with E-state index in [9.17, 15) is 9.18 Å². The summed E-state index contributed by atoms with van der Waals surface area (Å²) in [5.74, 6) is -0.167. The van der Waals surface area contributed by atoms with Gasteiger partial charge < -0.3 is 4.90 Å². The lowest BCUT2D eigenvalue weighted by Gasteiger charge is -2.27. The fourth-order valence-corrected chi connectivity index (χ4v) is 2.37. The molecule has 2 unspecified atom stereocenters. The zero-order valence-corrected chi connectivity index (χ0v) is 12.8. The zero-order valence-electron chi connectivity index (χ0n) is 12.8. The second-order valence-corrected chi connectivity index (χ2v) is 4.88. The minimum atomic E-state index is -0.320. The number of likely N-dealkylation sites (N-methyl/N-ethyl adjacent to an activating group) is 1. The molecule has 0 aliphatic heterocycles. The number of hydrogen-bond donors (Lipinski definition) is 1. The van der Waals surface area contributed by atoms with Gasteiger partial charge in [-0.3, -0.25) is 10.1 Å².